The molecular formula is C64H40N4. The molecule has 0 amide bonds. The lowest BCUT2D eigenvalue weighted by molar-refractivity contribution is 0.794. The minimum atomic E-state index is -0.474. The summed E-state index contributed by atoms with van der Waals surface area (Å²) in [4.78, 5) is 10.9. The van der Waals surface area contributed by atoms with Crippen molar-refractivity contribution in [1.29, 1.82) is 0 Å². The molecule has 4 nitrogen and oxygen atoms in total. The lowest BCUT2D eigenvalue weighted by Gasteiger charge is -2.30. The number of hydrogen-bond acceptors (Lipinski definition) is 3. The van der Waals surface area contributed by atoms with Crippen LogP contribution in [0.2, 0.25) is 0 Å². The van der Waals surface area contributed by atoms with Crippen LogP contribution in [0, 0.1) is 0 Å². The fourth-order valence-electron chi connectivity index (χ4n) is 11.3. The minimum Gasteiger partial charge on any atom is -0.231 e. The lowest BCUT2D eigenvalue weighted by Crippen LogP contribution is -2.25. The summed E-state index contributed by atoms with van der Waals surface area (Å²) >= 11 is 0. The highest BCUT2D eigenvalue weighted by Crippen LogP contribution is 2.63. The number of fused-ring (bicyclic) bond motifs is 13. The Bertz CT molecular complexity index is 3900. The molecular weight excluding hydrogens is 825 g/mol. The standard InChI is InChI=1S/C64H40N4/c1-4-19-41(20-5-1)57-40-58(66-63(65-57)47-35-36-52-51-31-14-17-34-55(51)64(56(52)38-47)53-32-15-12-29-49(53)50-30-13-16-33-54(50)64)45-26-18-27-46(37-45)60-61(43-23-8-3-9-24-43)67-68-59(42-21-6-2-7-22-42)39-44-25-10-11-28-48(44)62(60)68/h1-40H. The van der Waals surface area contributed by atoms with E-state index in [4.69, 9.17) is 15.1 Å². The highest BCUT2D eigenvalue weighted by atomic mass is 15.2. The molecule has 2 aliphatic carbocycles. The molecule has 14 rings (SSSR count). The van der Waals surface area contributed by atoms with E-state index in [1.54, 1.807) is 0 Å². The van der Waals surface area contributed by atoms with Gasteiger partial charge in [0.25, 0.3) is 0 Å². The van der Waals surface area contributed by atoms with Crippen molar-refractivity contribution in [1.82, 2.24) is 19.6 Å². The number of rotatable bonds is 6. The first-order chi connectivity index (χ1) is 33.7. The molecule has 3 aromatic heterocycles. The predicted octanol–water partition coefficient (Wildman–Crippen LogP) is 15.6. The number of benzene rings is 9. The first kappa shape index (κ1) is 38.3. The SMILES string of the molecule is c1ccc(-c2cc(-c3cccc(-c4c(-c5ccccc5)nn5c(-c6ccccc6)cc6ccccc6c45)c3)nc(-c3ccc4c(c3)C3(c5ccccc5-c5ccccc53)c3ccccc3-4)n2)cc1. The summed E-state index contributed by atoms with van der Waals surface area (Å²) in [5.41, 5.74) is 21.8. The molecule has 9 aromatic carbocycles. The zero-order valence-electron chi connectivity index (χ0n) is 36.9. The number of pyridine rings is 1. The van der Waals surface area contributed by atoms with Gasteiger partial charge in [-0.1, -0.05) is 218 Å². The van der Waals surface area contributed by atoms with E-state index in [2.05, 4.69) is 247 Å². The molecule has 68 heavy (non-hydrogen) atoms. The molecule has 4 heteroatoms. The second-order valence-electron chi connectivity index (χ2n) is 17.9. The first-order valence-corrected chi connectivity index (χ1v) is 23.3. The molecule has 0 N–H and O–H groups in total. The van der Waals surface area contributed by atoms with E-state index in [-0.39, 0.29) is 0 Å². The summed E-state index contributed by atoms with van der Waals surface area (Å²) in [6.45, 7) is 0. The van der Waals surface area contributed by atoms with Crippen molar-refractivity contribution >= 4 is 16.3 Å². The molecule has 0 saturated carbocycles. The van der Waals surface area contributed by atoms with Crippen LogP contribution in [0.15, 0.2) is 243 Å². The highest BCUT2D eigenvalue weighted by Gasteiger charge is 2.51. The van der Waals surface area contributed by atoms with E-state index in [1.165, 1.54) is 44.5 Å². The lowest BCUT2D eigenvalue weighted by atomic mass is 9.70. The van der Waals surface area contributed by atoms with Gasteiger partial charge in [-0.05, 0) is 79.7 Å². The van der Waals surface area contributed by atoms with Crippen molar-refractivity contribution in [2.45, 2.75) is 5.41 Å². The summed E-state index contributed by atoms with van der Waals surface area (Å²) in [5, 5.41) is 7.79. The van der Waals surface area contributed by atoms with Gasteiger partial charge in [0.1, 0.15) is 5.69 Å². The van der Waals surface area contributed by atoms with E-state index in [0.717, 1.165) is 78.0 Å². The summed E-state index contributed by atoms with van der Waals surface area (Å²) < 4.78 is 2.15. The van der Waals surface area contributed by atoms with Crippen molar-refractivity contribution in [3.05, 3.63) is 265 Å². The summed E-state index contributed by atoms with van der Waals surface area (Å²) in [5.74, 6) is 0.680. The molecule has 3 heterocycles. The highest BCUT2D eigenvalue weighted by molar-refractivity contribution is 6.09. The van der Waals surface area contributed by atoms with Gasteiger partial charge in [-0.2, -0.15) is 5.10 Å². The van der Waals surface area contributed by atoms with Crippen LogP contribution in [0.4, 0.5) is 0 Å². The third-order valence-electron chi connectivity index (χ3n) is 14.2. The van der Waals surface area contributed by atoms with Gasteiger partial charge in [-0.3, -0.25) is 0 Å². The minimum absolute atomic E-state index is 0.474. The van der Waals surface area contributed by atoms with Crippen molar-refractivity contribution in [2.24, 2.45) is 0 Å². The zero-order chi connectivity index (χ0) is 44.8. The Kier molecular flexibility index (Phi) is 8.46. The zero-order valence-corrected chi connectivity index (χ0v) is 36.9. The summed E-state index contributed by atoms with van der Waals surface area (Å²) in [6.07, 6.45) is 0. The van der Waals surface area contributed by atoms with Crippen LogP contribution in [0.1, 0.15) is 22.3 Å². The van der Waals surface area contributed by atoms with Crippen LogP contribution in [0.5, 0.6) is 0 Å². The van der Waals surface area contributed by atoms with Crippen LogP contribution in [0.3, 0.4) is 0 Å². The van der Waals surface area contributed by atoms with E-state index in [1.807, 2.05) is 0 Å². The van der Waals surface area contributed by atoms with Crippen LogP contribution >= 0.6 is 0 Å². The molecule has 0 bridgehead atoms. The Balaban J connectivity index is 0.989. The summed E-state index contributed by atoms with van der Waals surface area (Å²) in [7, 11) is 0. The van der Waals surface area contributed by atoms with Crippen molar-refractivity contribution in [3.63, 3.8) is 0 Å². The molecule has 0 radical (unpaired) electrons. The third-order valence-corrected chi connectivity index (χ3v) is 14.2. The Morgan fingerprint density at radius 1 is 0.338 bits per heavy atom. The molecule has 0 saturated heterocycles. The quantitative estimate of drug-likeness (QED) is 0.167. The van der Waals surface area contributed by atoms with Crippen LogP contribution in [-0.4, -0.2) is 19.6 Å². The summed E-state index contributed by atoms with van der Waals surface area (Å²) in [6, 6.07) is 87.2. The molecule has 1 spiro atoms. The maximum absolute atomic E-state index is 5.51. The number of nitrogens with zero attached hydrogens (tertiary/aromatic N) is 4. The van der Waals surface area contributed by atoms with Gasteiger partial charge in [0.15, 0.2) is 5.82 Å². The average molecular weight is 865 g/mol. The molecule has 0 unspecified atom stereocenters. The van der Waals surface area contributed by atoms with E-state index < -0.39 is 5.41 Å². The largest absolute Gasteiger partial charge is 0.231 e. The molecule has 2 aliphatic rings. The van der Waals surface area contributed by atoms with E-state index in [0.29, 0.717) is 5.82 Å². The van der Waals surface area contributed by atoms with Crippen molar-refractivity contribution < 1.29 is 0 Å². The van der Waals surface area contributed by atoms with Gasteiger partial charge >= 0.3 is 0 Å². The van der Waals surface area contributed by atoms with Crippen molar-refractivity contribution in [3.8, 4) is 89.8 Å². The van der Waals surface area contributed by atoms with Gasteiger partial charge in [-0.15, -0.1) is 0 Å². The molecule has 0 atom stereocenters. The van der Waals surface area contributed by atoms with Gasteiger partial charge in [0, 0.05) is 38.8 Å². The van der Waals surface area contributed by atoms with Gasteiger partial charge in [-0.25, -0.2) is 14.5 Å². The Hall–Kier alpha value is -8.99. The van der Waals surface area contributed by atoms with Gasteiger partial charge in [0.2, 0.25) is 0 Å². The van der Waals surface area contributed by atoms with E-state index in [9.17, 15) is 0 Å². The van der Waals surface area contributed by atoms with Crippen LogP contribution < -0.4 is 0 Å². The maximum Gasteiger partial charge on any atom is 0.160 e. The van der Waals surface area contributed by atoms with Gasteiger partial charge in [0.05, 0.1) is 28.0 Å². The Morgan fingerprint density at radius 2 is 0.853 bits per heavy atom. The first-order valence-electron chi connectivity index (χ1n) is 23.3. The number of aromatic nitrogens is 4. The third kappa shape index (κ3) is 5.64. The fourth-order valence-corrected chi connectivity index (χ4v) is 11.3. The molecule has 12 aromatic rings. The fraction of sp³-hybridized carbons (Fsp3) is 0.0156. The smallest absolute Gasteiger partial charge is 0.160 e. The molecule has 0 aliphatic heterocycles. The normalized spacial score (nSPS) is 12.8. The topological polar surface area (TPSA) is 43.1 Å². The molecule has 0 fully saturated rings. The second kappa shape index (κ2) is 15.0. The average Bonchev–Trinajstić information content (AvgIpc) is 4.07. The monoisotopic (exact) mass is 864 g/mol. The molecule has 316 valence electrons. The predicted molar refractivity (Wildman–Crippen MR) is 277 cm³/mol. The Labute approximate surface area is 394 Å². The Morgan fingerprint density at radius 3 is 1.51 bits per heavy atom. The van der Waals surface area contributed by atoms with Gasteiger partial charge < -0.3 is 0 Å². The van der Waals surface area contributed by atoms with E-state index >= 15 is 0 Å². The second-order valence-corrected chi connectivity index (χ2v) is 17.9. The number of hydrogen-bond donors (Lipinski definition) is 0. The maximum atomic E-state index is 5.51. The van der Waals surface area contributed by atoms with Crippen molar-refractivity contribution in [2.75, 3.05) is 0 Å². The van der Waals surface area contributed by atoms with Crippen LogP contribution in [-0.2, 0) is 5.41 Å². The van der Waals surface area contributed by atoms with Crippen LogP contribution in [0.25, 0.3) is 106 Å².